The first kappa shape index (κ1) is 8.82. The van der Waals surface area contributed by atoms with Gasteiger partial charge < -0.3 is 0 Å². The van der Waals surface area contributed by atoms with E-state index < -0.39 is 0 Å². The fourth-order valence-corrected chi connectivity index (χ4v) is 2.76. The highest BCUT2D eigenvalue weighted by molar-refractivity contribution is 8.15. The maximum absolute atomic E-state index is 4.29. The van der Waals surface area contributed by atoms with Gasteiger partial charge in [-0.3, -0.25) is 4.99 Å². The van der Waals surface area contributed by atoms with Gasteiger partial charge in [0.25, 0.3) is 0 Å². The molecule has 0 aromatic heterocycles. The van der Waals surface area contributed by atoms with Crippen molar-refractivity contribution < 1.29 is 0 Å². The van der Waals surface area contributed by atoms with Crippen molar-refractivity contribution in [2.75, 3.05) is 7.05 Å². The van der Waals surface area contributed by atoms with Gasteiger partial charge in [-0.05, 0) is 19.4 Å². The molecule has 13 heavy (non-hydrogen) atoms. The quantitative estimate of drug-likeness (QED) is 0.613. The van der Waals surface area contributed by atoms with Gasteiger partial charge in [-0.15, -0.1) is 0 Å². The lowest BCUT2D eigenvalue weighted by Crippen LogP contribution is -1.90. The molecule has 0 saturated carbocycles. The predicted octanol–water partition coefficient (Wildman–Crippen LogP) is 3.18. The van der Waals surface area contributed by atoms with Crippen LogP contribution in [0.4, 0.5) is 0 Å². The zero-order chi connectivity index (χ0) is 9.42. The number of rotatable bonds is 0. The second-order valence-electron chi connectivity index (χ2n) is 3.38. The topological polar surface area (TPSA) is 12.4 Å². The van der Waals surface area contributed by atoms with E-state index in [1.165, 1.54) is 21.7 Å². The molecule has 0 amide bonds. The molecule has 0 saturated heterocycles. The highest BCUT2D eigenvalue weighted by Gasteiger charge is 2.24. The average molecular weight is 191 g/mol. The third-order valence-corrected chi connectivity index (χ3v) is 3.60. The van der Waals surface area contributed by atoms with Gasteiger partial charge in [-0.1, -0.05) is 35.5 Å². The molecule has 1 aliphatic rings. The van der Waals surface area contributed by atoms with E-state index in [1.54, 1.807) is 0 Å². The minimum atomic E-state index is 0.564. The molecule has 0 spiro atoms. The summed E-state index contributed by atoms with van der Waals surface area (Å²) in [6.45, 7) is 4.37. The molecule has 0 radical (unpaired) electrons. The summed E-state index contributed by atoms with van der Waals surface area (Å²) in [6.07, 6.45) is 0. The van der Waals surface area contributed by atoms with Crippen LogP contribution in [0.2, 0.25) is 0 Å². The molecular weight excluding hydrogens is 178 g/mol. The van der Waals surface area contributed by atoms with Gasteiger partial charge in [0.2, 0.25) is 0 Å². The third-order valence-electron chi connectivity index (χ3n) is 2.37. The van der Waals surface area contributed by atoms with Crippen LogP contribution in [-0.2, 0) is 0 Å². The first-order valence-electron chi connectivity index (χ1n) is 4.46. The fourth-order valence-electron chi connectivity index (χ4n) is 1.68. The van der Waals surface area contributed by atoms with Crippen molar-refractivity contribution in [2.24, 2.45) is 4.99 Å². The fraction of sp³-hybridized carbons (Fsp3) is 0.364. The summed E-state index contributed by atoms with van der Waals surface area (Å²) in [4.78, 5) is 4.29. The molecule has 1 aromatic rings. The predicted molar refractivity (Wildman–Crippen MR) is 59.6 cm³/mol. The maximum atomic E-state index is 4.29. The summed E-state index contributed by atoms with van der Waals surface area (Å²) in [5.74, 6) is 0. The van der Waals surface area contributed by atoms with Crippen molar-refractivity contribution in [1.29, 1.82) is 0 Å². The summed E-state index contributed by atoms with van der Waals surface area (Å²) in [5, 5.41) is 1.75. The highest BCUT2D eigenvalue weighted by Crippen LogP contribution is 2.41. The van der Waals surface area contributed by atoms with Gasteiger partial charge in [0.15, 0.2) is 0 Å². The van der Waals surface area contributed by atoms with Crippen LogP contribution in [0, 0.1) is 6.92 Å². The van der Waals surface area contributed by atoms with Gasteiger partial charge in [0.05, 0.1) is 5.04 Å². The highest BCUT2D eigenvalue weighted by atomic mass is 32.2. The van der Waals surface area contributed by atoms with Gasteiger partial charge in [-0.2, -0.15) is 0 Å². The van der Waals surface area contributed by atoms with E-state index in [0.717, 1.165) is 0 Å². The molecule has 1 nitrogen and oxygen atoms in total. The molecule has 2 rings (SSSR count). The van der Waals surface area contributed by atoms with E-state index in [9.17, 15) is 0 Å². The molecule has 1 unspecified atom stereocenters. The van der Waals surface area contributed by atoms with Crippen molar-refractivity contribution >= 4 is 16.8 Å². The molecule has 1 aliphatic heterocycles. The smallest absolute Gasteiger partial charge is 0.0982 e. The summed E-state index contributed by atoms with van der Waals surface area (Å²) in [7, 11) is 1.87. The lowest BCUT2D eigenvalue weighted by molar-refractivity contribution is 1.11. The Morgan fingerprint density at radius 3 is 2.85 bits per heavy atom. The zero-order valence-corrected chi connectivity index (χ0v) is 8.98. The Hall–Kier alpha value is -0.760. The second kappa shape index (κ2) is 3.18. The van der Waals surface area contributed by atoms with E-state index in [0.29, 0.717) is 5.25 Å². The number of aryl methyl sites for hydroxylation is 1. The number of hydrogen-bond acceptors (Lipinski definition) is 2. The van der Waals surface area contributed by atoms with Crippen LogP contribution in [0.3, 0.4) is 0 Å². The normalized spacial score (nSPS) is 23.6. The van der Waals surface area contributed by atoms with E-state index in [-0.39, 0.29) is 0 Å². The monoisotopic (exact) mass is 191 g/mol. The van der Waals surface area contributed by atoms with E-state index in [1.807, 2.05) is 18.8 Å². The standard InChI is InChI=1S/C11H13NS/c1-7-4-5-9-10(6-7)8(2)13-11(9)12-3/h4-6,8H,1-3H3. The molecule has 0 aliphatic carbocycles. The summed E-state index contributed by atoms with van der Waals surface area (Å²) in [5.41, 5.74) is 4.10. The Morgan fingerprint density at radius 2 is 2.15 bits per heavy atom. The van der Waals surface area contributed by atoms with Crippen LogP contribution >= 0.6 is 11.8 Å². The number of fused-ring (bicyclic) bond motifs is 1. The van der Waals surface area contributed by atoms with E-state index in [2.05, 4.69) is 37.0 Å². The van der Waals surface area contributed by atoms with E-state index in [4.69, 9.17) is 0 Å². The Balaban J connectivity index is 2.58. The minimum Gasteiger partial charge on any atom is -0.281 e. The molecule has 0 N–H and O–H groups in total. The number of aliphatic imine (C=N–C) groups is 1. The second-order valence-corrected chi connectivity index (χ2v) is 4.71. The SMILES string of the molecule is CN=C1SC(C)c2cc(C)ccc21. The Labute approximate surface area is 83.3 Å². The van der Waals surface area contributed by atoms with Gasteiger partial charge >= 0.3 is 0 Å². The Kier molecular flexibility index (Phi) is 2.16. The summed E-state index contributed by atoms with van der Waals surface area (Å²) >= 11 is 1.85. The van der Waals surface area contributed by atoms with Crippen LogP contribution in [-0.4, -0.2) is 12.1 Å². The van der Waals surface area contributed by atoms with Crippen LogP contribution < -0.4 is 0 Å². The molecular formula is C11H13NS. The number of thioether (sulfide) groups is 1. The van der Waals surface area contributed by atoms with Crippen LogP contribution in [0.5, 0.6) is 0 Å². The minimum absolute atomic E-state index is 0.564. The summed E-state index contributed by atoms with van der Waals surface area (Å²) in [6, 6.07) is 6.61. The molecule has 1 aromatic carbocycles. The molecule has 0 bridgehead atoms. The number of nitrogens with zero attached hydrogens (tertiary/aromatic N) is 1. The first-order valence-corrected chi connectivity index (χ1v) is 5.34. The van der Waals surface area contributed by atoms with Crippen molar-refractivity contribution in [3.05, 3.63) is 34.9 Å². The van der Waals surface area contributed by atoms with Crippen LogP contribution in [0.1, 0.15) is 28.9 Å². The molecule has 2 heteroatoms. The van der Waals surface area contributed by atoms with Crippen molar-refractivity contribution in [3.8, 4) is 0 Å². The lowest BCUT2D eigenvalue weighted by atomic mass is 10.0. The maximum Gasteiger partial charge on any atom is 0.0982 e. The van der Waals surface area contributed by atoms with Crippen molar-refractivity contribution in [3.63, 3.8) is 0 Å². The molecule has 1 atom stereocenters. The Morgan fingerprint density at radius 1 is 1.38 bits per heavy atom. The molecule has 0 fully saturated rings. The number of benzene rings is 1. The largest absolute Gasteiger partial charge is 0.281 e. The Bertz CT molecular complexity index is 368. The zero-order valence-electron chi connectivity index (χ0n) is 8.16. The third kappa shape index (κ3) is 1.39. The lowest BCUT2D eigenvalue weighted by Gasteiger charge is -2.02. The first-order chi connectivity index (χ1) is 6.22. The van der Waals surface area contributed by atoms with Gasteiger partial charge in [0, 0.05) is 17.9 Å². The van der Waals surface area contributed by atoms with Crippen LogP contribution in [0.15, 0.2) is 23.2 Å². The van der Waals surface area contributed by atoms with Gasteiger partial charge in [-0.25, -0.2) is 0 Å². The average Bonchev–Trinajstić information content (AvgIpc) is 2.43. The van der Waals surface area contributed by atoms with Crippen LogP contribution in [0.25, 0.3) is 0 Å². The van der Waals surface area contributed by atoms with Crippen molar-refractivity contribution in [1.82, 2.24) is 0 Å². The molecule has 1 heterocycles. The number of hydrogen-bond donors (Lipinski definition) is 0. The van der Waals surface area contributed by atoms with Crippen molar-refractivity contribution in [2.45, 2.75) is 19.1 Å². The van der Waals surface area contributed by atoms with Gasteiger partial charge in [0.1, 0.15) is 0 Å². The summed E-state index contributed by atoms with van der Waals surface area (Å²) < 4.78 is 0. The molecule has 68 valence electrons. The van der Waals surface area contributed by atoms with E-state index >= 15 is 0 Å².